The van der Waals surface area contributed by atoms with Crippen LogP contribution in [0.5, 0.6) is 5.75 Å². The number of ether oxygens (including phenoxy) is 1. The highest BCUT2D eigenvalue weighted by Crippen LogP contribution is 2.32. The van der Waals surface area contributed by atoms with Crippen molar-refractivity contribution in [3.05, 3.63) is 65.2 Å². The predicted molar refractivity (Wildman–Crippen MR) is 95.2 cm³/mol. The maximum absolute atomic E-state index is 11.0. The van der Waals surface area contributed by atoms with Gasteiger partial charge in [0.25, 0.3) is 0 Å². The molecule has 0 saturated carbocycles. The number of aliphatic carboxylic acids is 1. The predicted octanol–water partition coefficient (Wildman–Crippen LogP) is 2.88. The number of carbonyl (C=O) groups is 1. The third-order valence-corrected chi connectivity index (χ3v) is 5.00. The lowest BCUT2D eigenvalue weighted by Gasteiger charge is -2.11. The van der Waals surface area contributed by atoms with E-state index < -0.39 is 12.0 Å². The van der Waals surface area contributed by atoms with Gasteiger partial charge >= 0.3 is 5.97 Å². The molecule has 3 rings (SSSR count). The first-order valence-electron chi connectivity index (χ1n) is 7.52. The van der Waals surface area contributed by atoms with E-state index in [1.165, 1.54) is 0 Å². The summed E-state index contributed by atoms with van der Waals surface area (Å²) in [6.45, 7) is 0. The summed E-state index contributed by atoms with van der Waals surface area (Å²) < 4.78 is 5.12. The van der Waals surface area contributed by atoms with E-state index in [1.54, 1.807) is 18.9 Å². The molecule has 0 spiro atoms. The Labute approximate surface area is 145 Å². The zero-order chi connectivity index (χ0) is 16.9. The first-order valence-corrected chi connectivity index (χ1v) is 8.57. The van der Waals surface area contributed by atoms with E-state index in [2.05, 4.69) is 17.2 Å². The molecule has 0 aromatic heterocycles. The van der Waals surface area contributed by atoms with Gasteiger partial charge in [-0.3, -0.25) is 10.1 Å². The standard InChI is InChI=1S/C19H17NO3S/c1-23-16-10-6-14(7-11-16)3-2-13-4-8-15(9-5-13)18-20-17(12-24-18)19(21)22/h4-11,17-18,20H,12H2,1H3,(H,21,22)/t17-,18?/m0/s1. The summed E-state index contributed by atoms with van der Waals surface area (Å²) in [4.78, 5) is 11.0. The topological polar surface area (TPSA) is 58.6 Å². The van der Waals surface area contributed by atoms with Crippen molar-refractivity contribution >= 4 is 17.7 Å². The number of hydrogen-bond donors (Lipinski definition) is 2. The van der Waals surface area contributed by atoms with Crippen LogP contribution in [0.15, 0.2) is 48.5 Å². The Kier molecular flexibility index (Phi) is 5.09. The molecule has 5 heteroatoms. The summed E-state index contributed by atoms with van der Waals surface area (Å²) in [5, 5.41) is 12.2. The Morgan fingerprint density at radius 3 is 2.21 bits per heavy atom. The lowest BCUT2D eigenvalue weighted by molar-refractivity contribution is -0.138. The second kappa shape index (κ2) is 7.43. The van der Waals surface area contributed by atoms with Gasteiger partial charge in [0.2, 0.25) is 0 Å². The Bertz CT molecular complexity index is 775. The van der Waals surface area contributed by atoms with E-state index in [0.29, 0.717) is 5.75 Å². The van der Waals surface area contributed by atoms with Crippen LogP contribution in [0.2, 0.25) is 0 Å². The molecule has 1 unspecified atom stereocenters. The van der Waals surface area contributed by atoms with E-state index >= 15 is 0 Å². The van der Waals surface area contributed by atoms with Gasteiger partial charge in [0.15, 0.2) is 0 Å². The molecule has 24 heavy (non-hydrogen) atoms. The van der Waals surface area contributed by atoms with Crippen LogP contribution >= 0.6 is 11.8 Å². The zero-order valence-electron chi connectivity index (χ0n) is 13.2. The summed E-state index contributed by atoms with van der Waals surface area (Å²) >= 11 is 1.61. The number of carboxylic acids is 1. The fourth-order valence-corrected chi connectivity index (χ4v) is 3.60. The summed E-state index contributed by atoms with van der Waals surface area (Å²) in [6, 6.07) is 15.0. The smallest absolute Gasteiger partial charge is 0.321 e. The minimum Gasteiger partial charge on any atom is -0.497 e. The molecule has 2 atom stereocenters. The van der Waals surface area contributed by atoms with Crippen molar-refractivity contribution in [1.29, 1.82) is 0 Å². The molecular formula is C19H17NO3S. The number of thioether (sulfide) groups is 1. The van der Waals surface area contributed by atoms with Crippen molar-refractivity contribution in [3.8, 4) is 17.6 Å². The van der Waals surface area contributed by atoms with Gasteiger partial charge in [-0.2, -0.15) is 0 Å². The minimum atomic E-state index is -0.799. The van der Waals surface area contributed by atoms with Gasteiger partial charge in [-0.1, -0.05) is 24.0 Å². The number of nitrogens with one attached hydrogen (secondary N) is 1. The molecule has 2 N–H and O–H groups in total. The summed E-state index contributed by atoms with van der Waals surface area (Å²) in [6.07, 6.45) is 0. The molecule has 1 saturated heterocycles. The fourth-order valence-electron chi connectivity index (χ4n) is 2.37. The number of hydrogen-bond acceptors (Lipinski definition) is 4. The van der Waals surface area contributed by atoms with Crippen molar-refractivity contribution in [2.75, 3.05) is 12.9 Å². The average molecular weight is 339 g/mol. The van der Waals surface area contributed by atoms with Gasteiger partial charge in [-0.25, -0.2) is 0 Å². The van der Waals surface area contributed by atoms with Crippen LogP contribution in [0.3, 0.4) is 0 Å². The van der Waals surface area contributed by atoms with Crippen molar-refractivity contribution < 1.29 is 14.6 Å². The monoisotopic (exact) mass is 339 g/mol. The van der Waals surface area contributed by atoms with Crippen LogP contribution in [0, 0.1) is 11.8 Å². The Morgan fingerprint density at radius 2 is 1.71 bits per heavy atom. The van der Waals surface area contributed by atoms with E-state index in [4.69, 9.17) is 9.84 Å². The number of benzene rings is 2. The number of rotatable bonds is 3. The van der Waals surface area contributed by atoms with Gasteiger partial charge in [-0.05, 0) is 42.0 Å². The SMILES string of the molecule is COc1ccc(C#Cc2ccc(C3N[C@H](C(=O)O)CS3)cc2)cc1. The van der Waals surface area contributed by atoms with Crippen LogP contribution < -0.4 is 10.1 Å². The fraction of sp³-hybridized carbons (Fsp3) is 0.211. The number of methoxy groups -OCH3 is 1. The Morgan fingerprint density at radius 1 is 1.12 bits per heavy atom. The van der Waals surface area contributed by atoms with Crippen molar-refractivity contribution in [2.45, 2.75) is 11.4 Å². The average Bonchev–Trinajstić information content (AvgIpc) is 3.11. The second-order valence-corrected chi connectivity index (χ2v) is 6.51. The maximum Gasteiger partial charge on any atom is 0.321 e. The highest BCUT2D eigenvalue weighted by atomic mass is 32.2. The molecule has 4 nitrogen and oxygen atoms in total. The molecule has 122 valence electrons. The first kappa shape index (κ1) is 16.4. The minimum absolute atomic E-state index is 0.0229. The van der Waals surface area contributed by atoms with Crippen LogP contribution in [-0.2, 0) is 4.79 Å². The van der Waals surface area contributed by atoms with Crippen LogP contribution in [0.1, 0.15) is 22.1 Å². The van der Waals surface area contributed by atoms with E-state index in [1.807, 2.05) is 48.5 Å². The highest BCUT2D eigenvalue weighted by molar-refractivity contribution is 7.99. The van der Waals surface area contributed by atoms with Crippen LogP contribution in [0.4, 0.5) is 0 Å². The lowest BCUT2D eigenvalue weighted by Crippen LogP contribution is -2.33. The molecule has 0 radical (unpaired) electrons. The van der Waals surface area contributed by atoms with E-state index in [0.717, 1.165) is 22.4 Å². The maximum atomic E-state index is 11.0. The second-order valence-electron chi connectivity index (χ2n) is 5.37. The molecule has 1 aliphatic rings. The number of carboxylic acid groups (broad SMARTS) is 1. The summed E-state index contributed by atoms with van der Waals surface area (Å²) in [7, 11) is 1.64. The Balaban J connectivity index is 1.67. The van der Waals surface area contributed by atoms with Gasteiger partial charge in [0.05, 0.1) is 12.5 Å². The van der Waals surface area contributed by atoms with Crippen molar-refractivity contribution in [2.24, 2.45) is 0 Å². The van der Waals surface area contributed by atoms with Crippen molar-refractivity contribution in [3.63, 3.8) is 0 Å². The lowest BCUT2D eigenvalue weighted by atomic mass is 10.1. The molecular weight excluding hydrogens is 322 g/mol. The highest BCUT2D eigenvalue weighted by Gasteiger charge is 2.30. The first-order chi connectivity index (χ1) is 11.7. The molecule has 2 aromatic rings. The molecule has 0 aliphatic carbocycles. The molecule has 2 aromatic carbocycles. The molecule has 1 heterocycles. The van der Waals surface area contributed by atoms with E-state index in [-0.39, 0.29) is 5.37 Å². The largest absolute Gasteiger partial charge is 0.497 e. The summed E-state index contributed by atoms with van der Waals surface area (Å²) in [5.41, 5.74) is 2.92. The van der Waals surface area contributed by atoms with Gasteiger partial charge in [0.1, 0.15) is 11.8 Å². The molecule has 0 bridgehead atoms. The van der Waals surface area contributed by atoms with Crippen LogP contribution in [-0.4, -0.2) is 30.0 Å². The van der Waals surface area contributed by atoms with Crippen molar-refractivity contribution in [1.82, 2.24) is 5.32 Å². The summed E-state index contributed by atoms with van der Waals surface area (Å²) in [5.74, 6) is 6.84. The third-order valence-electron chi connectivity index (χ3n) is 3.73. The molecule has 1 aliphatic heterocycles. The third kappa shape index (κ3) is 3.91. The molecule has 1 fully saturated rings. The van der Waals surface area contributed by atoms with Gasteiger partial charge in [-0.15, -0.1) is 11.8 Å². The van der Waals surface area contributed by atoms with Crippen LogP contribution in [0.25, 0.3) is 0 Å². The van der Waals surface area contributed by atoms with Gasteiger partial charge in [0, 0.05) is 16.9 Å². The van der Waals surface area contributed by atoms with E-state index in [9.17, 15) is 4.79 Å². The van der Waals surface area contributed by atoms with Gasteiger partial charge < -0.3 is 9.84 Å². The normalized spacial score (nSPS) is 19.4. The molecule has 0 amide bonds. The quantitative estimate of drug-likeness (QED) is 0.842. The zero-order valence-corrected chi connectivity index (χ0v) is 14.0. The Hall–Kier alpha value is -2.42.